The summed E-state index contributed by atoms with van der Waals surface area (Å²) in [6.45, 7) is 8.16. The first kappa shape index (κ1) is 13.7. The van der Waals surface area contributed by atoms with Gasteiger partial charge in [0.05, 0.1) is 0 Å². The summed E-state index contributed by atoms with van der Waals surface area (Å²) in [5.41, 5.74) is 0.604. The smallest absolute Gasteiger partial charge is 0.269 e. The van der Waals surface area contributed by atoms with Gasteiger partial charge in [0.2, 0.25) is 0 Å². The lowest BCUT2D eigenvalue weighted by molar-refractivity contribution is 0.0942. The summed E-state index contributed by atoms with van der Waals surface area (Å²) in [6, 6.07) is 1.72. The van der Waals surface area contributed by atoms with Gasteiger partial charge in [-0.2, -0.15) is 5.10 Å². The van der Waals surface area contributed by atoms with Crippen LogP contribution in [0.4, 0.5) is 0 Å². The summed E-state index contributed by atoms with van der Waals surface area (Å²) < 4.78 is 1.58. The molecule has 0 aromatic carbocycles. The SMILES string of the molecule is CCN(CC)CCCNC(=O)c1ccnn1C. The van der Waals surface area contributed by atoms with E-state index in [1.54, 1.807) is 24.0 Å². The van der Waals surface area contributed by atoms with Crippen LogP contribution in [0.3, 0.4) is 0 Å². The van der Waals surface area contributed by atoms with E-state index >= 15 is 0 Å². The fraction of sp³-hybridized carbons (Fsp3) is 0.667. The van der Waals surface area contributed by atoms with Gasteiger partial charge in [0.1, 0.15) is 5.69 Å². The fourth-order valence-electron chi connectivity index (χ4n) is 1.73. The lowest BCUT2D eigenvalue weighted by Crippen LogP contribution is -2.30. The van der Waals surface area contributed by atoms with Crippen LogP contribution in [0.5, 0.6) is 0 Å². The Balaban J connectivity index is 2.23. The number of aromatic nitrogens is 2. The average molecular weight is 238 g/mol. The zero-order chi connectivity index (χ0) is 12.7. The van der Waals surface area contributed by atoms with Crippen molar-refractivity contribution in [3.8, 4) is 0 Å². The van der Waals surface area contributed by atoms with Crippen molar-refractivity contribution in [1.82, 2.24) is 20.0 Å². The van der Waals surface area contributed by atoms with Crippen LogP contribution in [0.2, 0.25) is 0 Å². The highest BCUT2D eigenvalue weighted by molar-refractivity contribution is 5.92. The van der Waals surface area contributed by atoms with E-state index in [2.05, 4.69) is 29.2 Å². The standard InChI is InChI=1S/C12H22N4O/c1-4-16(5-2)10-6-8-13-12(17)11-7-9-14-15(11)3/h7,9H,4-6,8,10H2,1-3H3,(H,13,17). The van der Waals surface area contributed by atoms with Gasteiger partial charge in [-0.1, -0.05) is 13.8 Å². The zero-order valence-corrected chi connectivity index (χ0v) is 10.9. The molecule has 0 bridgehead atoms. The van der Waals surface area contributed by atoms with Crippen molar-refractivity contribution in [1.29, 1.82) is 0 Å². The number of nitrogens with zero attached hydrogens (tertiary/aromatic N) is 3. The molecule has 1 aromatic rings. The Bertz CT molecular complexity index is 344. The van der Waals surface area contributed by atoms with E-state index in [0.717, 1.165) is 26.1 Å². The Morgan fingerprint density at radius 1 is 1.47 bits per heavy atom. The second-order valence-electron chi connectivity index (χ2n) is 3.98. The van der Waals surface area contributed by atoms with Gasteiger partial charge in [0.15, 0.2) is 0 Å². The monoisotopic (exact) mass is 238 g/mol. The van der Waals surface area contributed by atoms with Crippen molar-refractivity contribution < 1.29 is 4.79 Å². The van der Waals surface area contributed by atoms with E-state index in [1.165, 1.54) is 0 Å². The second-order valence-corrected chi connectivity index (χ2v) is 3.98. The number of carbonyl (C=O) groups is 1. The molecule has 5 nitrogen and oxygen atoms in total. The molecule has 0 unspecified atom stereocenters. The third-order valence-electron chi connectivity index (χ3n) is 2.88. The molecule has 17 heavy (non-hydrogen) atoms. The molecular formula is C12H22N4O. The van der Waals surface area contributed by atoms with E-state index < -0.39 is 0 Å². The predicted molar refractivity (Wildman–Crippen MR) is 67.9 cm³/mol. The number of hydrogen-bond donors (Lipinski definition) is 1. The molecule has 1 rings (SSSR count). The van der Waals surface area contributed by atoms with Crippen LogP contribution in [0.15, 0.2) is 12.3 Å². The van der Waals surface area contributed by atoms with Crippen LogP contribution in [-0.4, -0.2) is 46.8 Å². The molecule has 1 amide bonds. The van der Waals surface area contributed by atoms with Gasteiger partial charge in [-0.25, -0.2) is 0 Å². The molecular weight excluding hydrogens is 216 g/mol. The van der Waals surface area contributed by atoms with Crippen LogP contribution in [0, 0.1) is 0 Å². The highest BCUT2D eigenvalue weighted by atomic mass is 16.2. The molecule has 0 radical (unpaired) electrons. The van der Waals surface area contributed by atoms with Gasteiger partial charge >= 0.3 is 0 Å². The van der Waals surface area contributed by atoms with Crippen LogP contribution in [0.1, 0.15) is 30.8 Å². The second kappa shape index (κ2) is 7.06. The Morgan fingerprint density at radius 3 is 2.71 bits per heavy atom. The molecule has 0 saturated carbocycles. The van der Waals surface area contributed by atoms with Crippen molar-refractivity contribution in [2.75, 3.05) is 26.2 Å². The van der Waals surface area contributed by atoms with E-state index in [-0.39, 0.29) is 5.91 Å². The molecule has 0 aliphatic carbocycles. The van der Waals surface area contributed by atoms with Gasteiger partial charge in [0, 0.05) is 19.8 Å². The molecule has 0 atom stereocenters. The molecule has 0 saturated heterocycles. The van der Waals surface area contributed by atoms with Crippen molar-refractivity contribution in [2.45, 2.75) is 20.3 Å². The lowest BCUT2D eigenvalue weighted by Gasteiger charge is -2.17. The van der Waals surface area contributed by atoms with Crippen molar-refractivity contribution in [2.24, 2.45) is 7.05 Å². The lowest BCUT2D eigenvalue weighted by atomic mass is 10.3. The third kappa shape index (κ3) is 4.19. The number of carbonyl (C=O) groups excluding carboxylic acids is 1. The molecule has 96 valence electrons. The largest absolute Gasteiger partial charge is 0.351 e. The molecule has 5 heteroatoms. The summed E-state index contributed by atoms with van der Waals surface area (Å²) in [7, 11) is 1.77. The Hall–Kier alpha value is -1.36. The normalized spacial score (nSPS) is 10.8. The summed E-state index contributed by atoms with van der Waals surface area (Å²) in [4.78, 5) is 14.1. The molecule has 0 fully saturated rings. The molecule has 0 aliphatic heterocycles. The minimum absolute atomic E-state index is 0.0513. The minimum Gasteiger partial charge on any atom is -0.351 e. The van der Waals surface area contributed by atoms with E-state index in [9.17, 15) is 4.79 Å². The third-order valence-corrected chi connectivity index (χ3v) is 2.88. The number of nitrogens with one attached hydrogen (secondary N) is 1. The van der Waals surface area contributed by atoms with Crippen LogP contribution >= 0.6 is 0 Å². The maximum atomic E-state index is 11.7. The van der Waals surface area contributed by atoms with E-state index in [4.69, 9.17) is 0 Å². The number of amides is 1. The zero-order valence-electron chi connectivity index (χ0n) is 10.9. The molecule has 0 aliphatic rings. The fourth-order valence-corrected chi connectivity index (χ4v) is 1.73. The van der Waals surface area contributed by atoms with Crippen LogP contribution < -0.4 is 5.32 Å². The molecule has 1 heterocycles. The molecule has 0 spiro atoms. The van der Waals surface area contributed by atoms with E-state index in [0.29, 0.717) is 12.2 Å². The van der Waals surface area contributed by atoms with Crippen LogP contribution in [0.25, 0.3) is 0 Å². The summed E-state index contributed by atoms with van der Waals surface area (Å²) in [5, 5.41) is 6.87. The van der Waals surface area contributed by atoms with Gasteiger partial charge in [-0.15, -0.1) is 0 Å². The summed E-state index contributed by atoms with van der Waals surface area (Å²) >= 11 is 0. The average Bonchev–Trinajstić information content (AvgIpc) is 2.75. The van der Waals surface area contributed by atoms with Gasteiger partial charge in [0.25, 0.3) is 5.91 Å². The highest BCUT2D eigenvalue weighted by Gasteiger charge is 2.08. The Labute approximate surface area is 103 Å². The Morgan fingerprint density at radius 2 is 2.18 bits per heavy atom. The van der Waals surface area contributed by atoms with Crippen molar-refractivity contribution in [3.63, 3.8) is 0 Å². The highest BCUT2D eigenvalue weighted by Crippen LogP contribution is 1.96. The summed E-state index contributed by atoms with van der Waals surface area (Å²) in [5.74, 6) is -0.0513. The quantitative estimate of drug-likeness (QED) is 0.717. The first-order chi connectivity index (χ1) is 8.19. The summed E-state index contributed by atoms with van der Waals surface area (Å²) in [6.07, 6.45) is 2.61. The molecule has 1 N–H and O–H groups in total. The predicted octanol–water partition coefficient (Wildman–Crippen LogP) is 0.882. The minimum atomic E-state index is -0.0513. The number of rotatable bonds is 7. The maximum absolute atomic E-state index is 11.7. The topological polar surface area (TPSA) is 50.2 Å². The van der Waals surface area contributed by atoms with E-state index in [1.807, 2.05) is 0 Å². The van der Waals surface area contributed by atoms with Crippen LogP contribution in [-0.2, 0) is 7.05 Å². The maximum Gasteiger partial charge on any atom is 0.269 e. The molecule has 1 aromatic heterocycles. The van der Waals surface area contributed by atoms with Gasteiger partial charge in [-0.05, 0) is 32.1 Å². The van der Waals surface area contributed by atoms with Crippen molar-refractivity contribution >= 4 is 5.91 Å². The number of aryl methyl sites for hydroxylation is 1. The first-order valence-corrected chi connectivity index (χ1v) is 6.17. The van der Waals surface area contributed by atoms with Gasteiger partial charge in [-0.3, -0.25) is 9.48 Å². The van der Waals surface area contributed by atoms with Gasteiger partial charge < -0.3 is 10.2 Å². The Kier molecular flexibility index (Phi) is 5.69. The first-order valence-electron chi connectivity index (χ1n) is 6.17. The van der Waals surface area contributed by atoms with Crippen molar-refractivity contribution in [3.05, 3.63) is 18.0 Å². The number of hydrogen-bond acceptors (Lipinski definition) is 3.